The fourth-order valence-electron chi connectivity index (χ4n) is 3.17. The molecule has 0 radical (unpaired) electrons. The number of rotatable bonds is 7. The van der Waals surface area contributed by atoms with E-state index in [9.17, 15) is 4.79 Å². The van der Waals surface area contributed by atoms with Crippen molar-refractivity contribution in [2.24, 2.45) is 0 Å². The summed E-state index contributed by atoms with van der Waals surface area (Å²) in [6.07, 6.45) is 0.908. The van der Waals surface area contributed by atoms with Gasteiger partial charge in [-0.2, -0.15) is 0 Å². The van der Waals surface area contributed by atoms with Crippen LogP contribution in [0.15, 0.2) is 35.7 Å². The van der Waals surface area contributed by atoms with Gasteiger partial charge in [-0.15, -0.1) is 11.3 Å². The molecule has 1 aromatic carbocycles. The Bertz CT molecular complexity index is 744. The van der Waals surface area contributed by atoms with E-state index in [-0.39, 0.29) is 18.0 Å². The van der Waals surface area contributed by atoms with Gasteiger partial charge in [0.15, 0.2) is 11.5 Å². The van der Waals surface area contributed by atoms with Crippen molar-refractivity contribution in [3.8, 4) is 11.5 Å². The third kappa shape index (κ3) is 4.19. The van der Waals surface area contributed by atoms with Crippen LogP contribution in [0.1, 0.15) is 30.3 Å². The second kappa shape index (κ2) is 8.56. The Morgan fingerprint density at radius 3 is 2.81 bits per heavy atom. The number of para-hydroxylation sites is 2. The normalized spacial score (nSPS) is 16.5. The van der Waals surface area contributed by atoms with Gasteiger partial charge in [0.25, 0.3) is 0 Å². The molecular formula is C20H26N2O3S. The zero-order valence-electron chi connectivity index (χ0n) is 15.5. The van der Waals surface area contributed by atoms with E-state index in [1.165, 1.54) is 10.4 Å². The molecule has 2 aromatic rings. The van der Waals surface area contributed by atoms with Crippen LogP contribution in [0.2, 0.25) is 0 Å². The van der Waals surface area contributed by atoms with Gasteiger partial charge in [0, 0.05) is 17.5 Å². The summed E-state index contributed by atoms with van der Waals surface area (Å²) >= 11 is 1.76. The van der Waals surface area contributed by atoms with E-state index in [4.69, 9.17) is 9.47 Å². The standard InChI is InChI=1S/C20H26N2O3S/c1-14(2)21-12-20(23)22-10-8-19-15(9-11-26-19)16(22)13-25-18-7-5-4-6-17(18)24-3/h4-7,9,11,14,16,21H,8,10,12-13H2,1-3H3. The van der Waals surface area contributed by atoms with E-state index in [1.54, 1.807) is 18.4 Å². The van der Waals surface area contributed by atoms with Crippen molar-refractivity contribution in [2.45, 2.75) is 32.4 Å². The van der Waals surface area contributed by atoms with E-state index in [0.29, 0.717) is 24.7 Å². The zero-order valence-corrected chi connectivity index (χ0v) is 16.3. The summed E-state index contributed by atoms with van der Waals surface area (Å²) in [6, 6.07) is 9.93. The van der Waals surface area contributed by atoms with Gasteiger partial charge in [0.05, 0.1) is 19.7 Å². The summed E-state index contributed by atoms with van der Waals surface area (Å²) in [5, 5.41) is 5.32. The topological polar surface area (TPSA) is 50.8 Å². The lowest BCUT2D eigenvalue weighted by molar-refractivity contribution is -0.134. The molecule has 0 aliphatic carbocycles. The number of nitrogens with one attached hydrogen (secondary N) is 1. The minimum absolute atomic E-state index is 0.0728. The largest absolute Gasteiger partial charge is 0.493 e. The molecule has 1 atom stereocenters. The molecule has 0 spiro atoms. The number of amides is 1. The van der Waals surface area contributed by atoms with Crippen molar-refractivity contribution >= 4 is 17.2 Å². The number of carbonyl (C=O) groups is 1. The predicted octanol–water partition coefficient (Wildman–Crippen LogP) is 3.26. The van der Waals surface area contributed by atoms with Crippen LogP contribution in [0.3, 0.4) is 0 Å². The molecule has 140 valence electrons. The number of fused-ring (bicyclic) bond motifs is 1. The second-order valence-electron chi connectivity index (χ2n) is 6.65. The SMILES string of the molecule is COc1ccccc1OCC1c2ccsc2CCN1C(=O)CNC(C)C. The Hall–Kier alpha value is -2.05. The highest BCUT2D eigenvalue weighted by Crippen LogP contribution is 2.35. The first-order valence-electron chi connectivity index (χ1n) is 8.95. The number of hydrogen-bond acceptors (Lipinski definition) is 5. The van der Waals surface area contributed by atoms with Crippen LogP contribution in [0.5, 0.6) is 11.5 Å². The highest BCUT2D eigenvalue weighted by Gasteiger charge is 2.32. The van der Waals surface area contributed by atoms with Gasteiger partial charge < -0.3 is 19.7 Å². The minimum Gasteiger partial charge on any atom is -0.493 e. The van der Waals surface area contributed by atoms with Crippen molar-refractivity contribution < 1.29 is 14.3 Å². The summed E-state index contributed by atoms with van der Waals surface area (Å²) < 4.78 is 11.4. The summed E-state index contributed by atoms with van der Waals surface area (Å²) in [5.74, 6) is 1.52. The molecule has 0 saturated carbocycles. The van der Waals surface area contributed by atoms with Crippen LogP contribution in [0.4, 0.5) is 0 Å². The molecular weight excluding hydrogens is 348 g/mol. The Labute approximate surface area is 158 Å². The second-order valence-corrected chi connectivity index (χ2v) is 7.65. The van der Waals surface area contributed by atoms with Crippen LogP contribution in [0.25, 0.3) is 0 Å². The van der Waals surface area contributed by atoms with Crippen molar-refractivity contribution in [1.82, 2.24) is 10.2 Å². The summed E-state index contributed by atoms with van der Waals surface area (Å²) in [5.41, 5.74) is 1.20. The minimum atomic E-state index is -0.0728. The Balaban J connectivity index is 1.76. The summed E-state index contributed by atoms with van der Waals surface area (Å²) in [4.78, 5) is 16.1. The number of nitrogens with zero attached hydrogens (tertiary/aromatic N) is 1. The fourth-order valence-corrected chi connectivity index (χ4v) is 4.10. The van der Waals surface area contributed by atoms with E-state index in [2.05, 4.69) is 16.8 Å². The molecule has 0 saturated heterocycles. The number of carbonyl (C=O) groups excluding carboxylic acids is 1. The Kier molecular flexibility index (Phi) is 6.16. The third-order valence-electron chi connectivity index (χ3n) is 4.54. The Morgan fingerprint density at radius 1 is 1.31 bits per heavy atom. The van der Waals surface area contributed by atoms with Crippen molar-refractivity contribution in [2.75, 3.05) is 26.8 Å². The fraction of sp³-hybridized carbons (Fsp3) is 0.450. The number of methoxy groups -OCH3 is 1. The zero-order chi connectivity index (χ0) is 18.5. The molecule has 1 aliphatic heterocycles. The van der Waals surface area contributed by atoms with E-state index in [0.717, 1.165) is 13.0 Å². The van der Waals surface area contributed by atoms with Crippen LogP contribution < -0.4 is 14.8 Å². The van der Waals surface area contributed by atoms with Crippen LogP contribution in [-0.2, 0) is 11.2 Å². The number of ether oxygens (including phenoxy) is 2. The van der Waals surface area contributed by atoms with Crippen LogP contribution >= 0.6 is 11.3 Å². The molecule has 1 aliphatic rings. The van der Waals surface area contributed by atoms with Gasteiger partial charge in [-0.25, -0.2) is 0 Å². The van der Waals surface area contributed by atoms with Gasteiger partial charge in [-0.3, -0.25) is 4.79 Å². The maximum absolute atomic E-state index is 12.8. The van der Waals surface area contributed by atoms with Crippen LogP contribution in [-0.4, -0.2) is 43.7 Å². The Morgan fingerprint density at radius 2 is 2.08 bits per heavy atom. The smallest absolute Gasteiger partial charge is 0.237 e. The van der Waals surface area contributed by atoms with Gasteiger partial charge >= 0.3 is 0 Å². The van der Waals surface area contributed by atoms with Crippen molar-refractivity contribution in [3.63, 3.8) is 0 Å². The van der Waals surface area contributed by atoms with E-state index >= 15 is 0 Å². The molecule has 5 nitrogen and oxygen atoms in total. The first kappa shape index (κ1) is 18.7. The molecule has 0 fully saturated rings. The number of thiophene rings is 1. The van der Waals surface area contributed by atoms with Gasteiger partial charge in [-0.1, -0.05) is 26.0 Å². The molecule has 6 heteroatoms. The molecule has 1 N–H and O–H groups in total. The first-order valence-corrected chi connectivity index (χ1v) is 9.83. The molecule has 1 unspecified atom stereocenters. The molecule has 1 aromatic heterocycles. The molecule has 26 heavy (non-hydrogen) atoms. The molecule has 2 heterocycles. The van der Waals surface area contributed by atoms with E-state index < -0.39 is 0 Å². The summed E-state index contributed by atoms with van der Waals surface area (Å²) in [7, 11) is 1.63. The van der Waals surface area contributed by atoms with Crippen molar-refractivity contribution in [3.05, 3.63) is 46.2 Å². The average molecular weight is 375 g/mol. The van der Waals surface area contributed by atoms with Gasteiger partial charge in [-0.05, 0) is 35.6 Å². The highest BCUT2D eigenvalue weighted by atomic mass is 32.1. The lowest BCUT2D eigenvalue weighted by atomic mass is 10.0. The molecule has 3 rings (SSSR count). The lowest BCUT2D eigenvalue weighted by Crippen LogP contribution is -2.46. The number of hydrogen-bond donors (Lipinski definition) is 1. The quantitative estimate of drug-likeness (QED) is 0.808. The maximum Gasteiger partial charge on any atom is 0.237 e. The average Bonchev–Trinajstić information content (AvgIpc) is 3.13. The predicted molar refractivity (Wildman–Crippen MR) is 104 cm³/mol. The maximum atomic E-state index is 12.8. The molecule has 1 amide bonds. The van der Waals surface area contributed by atoms with Gasteiger partial charge in [0.2, 0.25) is 5.91 Å². The number of benzene rings is 1. The molecule has 0 bridgehead atoms. The lowest BCUT2D eigenvalue weighted by Gasteiger charge is -2.36. The van der Waals surface area contributed by atoms with Crippen molar-refractivity contribution in [1.29, 1.82) is 0 Å². The van der Waals surface area contributed by atoms with Gasteiger partial charge in [0.1, 0.15) is 6.61 Å². The van der Waals surface area contributed by atoms with E-state index in [1.807, 2.05) is 43.0 Å². The monoisotopic (exact) mass is 374 g/mol. The van der Waals surface area contributed by atoms with Crippen LogP contribution in [0, 0.1) is 0 Å². The summed E-state index contributed by atoms with van der Waals surface area (Å²) in [6.45, 7) is 5.58. The third-order valence-corrected chi connectivity index (χ3v) is 5.54. The first-order chi connectivity index (χ1) is 12.6. The highest BCUT2D eigenvalue weighted by molar-refractivity contribution is 7.10.